The lowest BCUT2D eigenvalue weighted by Gasteiger charge is -2.14. The Kier molecular flexibility index (Phi) is 7.37. The number of nitrogens with zero attached hydrogens (tertiary/aromatic N) is 1. The van der Waals surface area contributed by atoms with Crippen molar-refractivity contribution in [2.45, 2.75) is 13.2 Å². The zero-order valence-electron chi connectivity index (χ0n) is 16.7. The van der Waals surface area contributed by atoms with Crippen molar-refractivity contribution in [2.24, 2.45) is 0 Å². The zero-order valence-corrected chi connectivity index (χ0v) is 18.3. The van der Waals surface area contributed by atoms with Gasteiger partial charge in [-0.25, -0.2) is 4.98 Å². The van der Waals surface area contributed by atoms with Gasteiger partial charge in [-0.2, -0.15) is 0 Å². The SMILES string of the molecule is COc1cc(CNC(=O)c2csc(COc3ccc(Cl)cc3)n2)cc(OC)c1OC. The van der Waals surface area contributed by atoms with Gasteiger partial charge in [0.25, 0.3) is 5.91 Å². The normalized spacial score (nSPS) is 10.4. The molecule has 0 saturated heterocycles. The molecule has 3 aromatic rings. The average molecular weight is 449 g/mol. The fourth-order valence-electron chi connectivity index (χ4n) is 2.67. The highest BCUT2D eigenvalue weighted by Gasteiger charge is 2.15. The van der Waals surface area contributed by atoms with Crippen molar-refractivity contribution in [1.29, 1.82) is 0 Å². The van der Waals surface area contributed by atoms with Crippen molar-refractivity contribution in [3.8, 4) is 23.0 Å². The van der Waals surface area contributed by atoms with Crippen LogP contribution in [0.25, 0.3) is 0 Å². The summed E-state index contributed by atoms with van der Waals surface area (Å²) < 4.78 is 21.6. The minimum Gasteiger partial charge on any atom is -0.493 e. The molecule has 0 aliphatic carbocycles. The highest BCUT2D eigenvalue weighted by atomic mass is 35.5. The van der Waals surface area contributed by atoms with Gasteiger partial charge in [0, 0.05) is 16.9 Å². The summed E-state index contributed by atoms with van der Waals surface area (Å²) in [6.07, 6.45) is 0. The van der Waals surface area contributed by atoms with Gasteiger partial charge in [0.05, 0.1) is 21.3 Å². The Bertz CT molecular complexity index is 982. The number of amides is 1. The second-order valence-corrected chi connectivity index (χ2v) is 7.46. The van der Waals surface area contributed by atoms with Crippen LogP contribution in [0.3, 0.4) is 0 Å². The molecular formula is C21H21ClN2O5S. The molecule has 0 atom stereocenters. The average Bonchev–Trinajstić information content (AvgIpc) is 3.25. The van der Waals surface area contributed by atoms with Gasteiger partial charge >= 0.3 is 0 Å². The predicted molar refractivity (Wildman–Crippen MR) is 115 cm³/mol. The lowest BCUT2D eigenvalue weighted by atomic mass is 10.1. The van der Waals surface area contributed by atoms with Crippen LogP contribution in [0, 0.1) is 0 Å². The fraction of sp³-hybridized carbons (Fsp3) is 0.238. The Hall–Kier alpha value is -2.97. The number of benzene rings is 2. The van der Waals surface area contributed by atoms with E-state index < -0.39 is 0 Å². The number of methoxy groups -OCH3 is 3. The van der Waals surface area contributed by atoms with E-state index in [-0.39, 0.29) is 19.1 Å². The summed E-state index contributed by atoms with van der Waals surface area (Å²) in [7, 11) is 4.63. The number of carbonyl (C=O) groups is 1. The van der Waals surface area contributed by atoms with Crippen LogP contribution in [0.1, 0.15) is 21.1 Å². The molecule has 0 unspecified atom stereocenters. The summed E-state index contributed by atoms with van der Waals surface area (Å²) >= 11 is 7.22. The van der Waals surface area contributed by atoms with Crippen molar-refractivity contribution >= 4 is 28.8 Å². The van der Waals surface area contributed by atoms with E-state index in [1.807, 2.05) is 0 Å². The monoisotopic (exact) mass is 448 g/mol. The largest absolute Gasteiger partial charge is 0.493 e. The van der Waals surface area contributed by atoms with Gasteiger partial charge in [0.1, 0.15) is 23.1 Å². The van der Waals surface area contributed by atoms with E-state index in [1.54, 1.807) is 56.0 Å². The van der Waals surface area contributed by atoms with E-state index in [4.69, 9.17) is 30.5 Å². The van der Waals surface area contributed by atoms with Crippen LogP contribution in [-0.2, 0) is 13.2 Å². The Morgan fingerprint density at radius 3 is 2.33 bits per heavy atom. The second kappa shape index (κ2) is 10.2. The van der Waals surface area contributed by atoms with Crippen molar-refractivity contribution in [2.75, 3.05) is 21.3 Å². The van der Waals surface area contributed by atoms with Crippen molar-refractivity contribution < 1.29 is 23.7 Å². The molecule has 1 heterocycles. The first kappa shape index (κ1) is 21.7. The van der Waals surface area contributed by atoms with Crippen molar-refractivity contribution in [1.82, 2.24) is 10.3 Å². The van der Waals surface area contributed by atoms with E-state index >= 15 is 0 Å². The molecule has 0 spiro atoms. The number of nitrogens with one attached hydrogen (secondary N) is 1. The third-order valence-corrected chi connectivity index (χ3v) is 5.21. The van der Waals surface area contributed by atoms with E-state index in [0.29, 0.717) is 38.7 Å². The molecule has 3 rings (SSSR count). The first-order valence-corrected chi connectivity index (χ1v) is 10.2. The van der Waals surface area contributed by atoms with Gasteiger partial charge in [0.15, 0.2) is 11.5 Å². The fourth-order valence-corrected chi connectivity index (χ4v) is 3.48. The van der Waals surface area contributed by atoms with Crippen LogP contribution in [0.15, 0.2) is 41.8 Å². The predicted octanol–water partition coefficient (Wildman–Crippen LogP) is 4.33. The van der Waals surface area contributed by atoms with Gasteiger partial charge in [-0.05, 0) is 42.0 Å². The van der Waals surface area contributed by atoms with Crippen LogP contribution >= 0.6 is 22.9 Å². The zero-order chi connectivity index (χ0) is 21.5. The Morgan fingerprint density at radius 1 is 1.07 bits per heavy atom. The summed E-state index contributed by atoms with van der Waals surface area (Å²) in [6, 6.07) is 10.6. The molecule has 0 saturated carbocycles. The molecule has 1 aromatic heterocycles. The Labute approximate surface area is 183 Å². The molecule has 1 N–H and O–H groups in total. The molecule has 1 amide bonds. The number of hydrogen-bond donors (Lipinski definition) is 1. The standard InChI is InChI=1S/C21H21ClN2O5S/c1-26-17-8-13(9-18(27-2)20(17)28-3)10-23-21(25)16-12-30-19(24-16)11-29-15-6-4-14(22)5-7-15/h4-9,12H,10-11H2,1-3H3,(H,23,25). The highest BCUT2D eigenvalue weighted by Crippen LogP contribution is 2.38. The molecule has 2 aromatic carbocycles. The highest BCUT2D eigenvalue weighted by molar-refractivity contribution is 7.09. The summed E-state index contributed by atoms with van der Waals surface area (Å²) in [5.41, 5.74) is 1.14. The Balaban J connectivity index is 1.59. The van der Waals surface area contributed by atoms with Crippen LogP contribution < -0.4 is 24.3 Å². The lowest BCUT2D eigenvalue weighted by Crippen LogP contribution is -2.23. The molecule has 30 heavy (non-hydrogen) atoms. The second-order valence-electron chi connectivity index (χ2n) is 6.09. The van der Waals surface area contributed by atoms with Crippen LogP contribution in [0.2, 0.25) is 5.02 Å². The number of ether oxygens (including phenoxy) is 4. The third-order valence-electron chi connectivity index (χ3n) is 4.14. The number of halogens is 1. The van der Waals surface area contributed by atoms with E-state index in [2.05, 4.69) is 10.3 Å². The first-order chi connectivity index (χ1) is 14.5. The number of aromatic nitrogens is 1. The maximum atomic E-state index is 12.5. The maximum absolute atomic E-state index is 12.5. The van der Waals surface area contributed by atoms with Gasteiger partial charge in [-0.15, -0.1) is 11.3 Å². The molecule has 0 fully saturated rings. The van der Waals surface area contributed by atoms with Gasteiger partial charge in [-0.3, -0.25) is 4.79 Å². The van der Waals surface area contributed by atoms with E-state index in [0.717, 1.165) is 5.56 Å². The summed E-state index contributed by atoms with van der Waals surface area (Å²) in [4.78, 5) is 16.8. The summed E-state index contributed by atoms with van der Waals surface area (Å²) in [5, 5.41) is 5.88. The van der Waals surface area contributed by atoms with E-state index in [9.17, 15) is 4.79 Å². The van der Waals surface area contributed by atoms with Crippen molar-refractivity contribution in [3.05, 3.63) is 63.1 Å². The van der Waals surface area contributed by atoms with Crippen LogP contribution in [-0.4, -0.2) is 32.2 Å². The summed E-state index contributed by atoms with van der Waals surface area (Å²) in [5.74, 6) is 1.95. The molecule has 7 nitrogen and oxygen atoms in total. The number of hydrogen-bond acceptors (Lipinski definition) is 7. The molecule has 0 radical (unpaired) electrons. The Morgan fingerprint density at radius 2 is 1.73 bits per heavy atom. The quantitative estimate of drug-likeness (QED) is 0.525. The van der Waals surface area contributed by atoms with Gasteiger partial charge < -0.3 is 24.3 Å². The topological polar surface area (TPSA) is 78.9 Å². The van der Waals surface area contributed by atoms with Gasteiger partial charge in [-0.1, -0.05) is 11.6 Å². The third kappa shape index (κ3) is 5.34. The number of rotatable bonds is 9. The smallest absolute Gasteiger partial charge is 0.271 e. The van der Waals surface area contributed by atoms with E-state index in [1.165, 1.54) is 18.4 Å². The molecule has 9 heteroatoms. The molecule has 0 bridgehead atoms. The summed E-state index contributed by atoms with van der Waals surface area (Å²) in [6.45, 7) is 0.552. The van der Waals surface area contributed by atoms with Crippen LogP contribution in [0.5, 0.6) is 23.0 Å². The first-order valence-electron chi connectivity index (χ1n) is 8.94. The van der Waals surface area contributed by atoms with Gasteiger partial charge in [0.2, 0.25) is 5.75 Å². The molecular weight excluding hydrogens is 428 g/mol. The number of carbonyl (C=O) groups excluding carboxylic acids is 1. The molecule has 0 aliphatic rings. The molecule has 0 aliphatic heterocycles. The lowest BCUT2D eigenvalue weighted by molar-refractivity contribution is 0.0946. The minimum absolute atomic E-state index is 0.270. The minimum atomic E-state index is -0.280. The number of thiazole rings is 1. The molecule has 158 valence electrons. The maximum Gasteiger partial charge on any atom is 0.271 e. The van der Waals surface area contributed by atoms with Crippen LogP contribution in [0.4, 0.5) is 0 Å². The van der Waals surface area contributed by atoms with Crippen molar-refractivity contribution in [3.63, 3.8) is 0 Å².